The van der Waals surface area contributed by atoms with Crippen LogP contribution >= 0.6 is 11.8 Å². The van der Waals surface area contributed by atoms with E-state index in [1.807, 2.05) is 24.3 Å². The normalized spacial score (nSPS) is 11.0. The first kappa shape index (κ1) is 17.5. The lowest BCUT2D eigenvalue weighted by Crippen LogP contribution is -2.17. The van der Waals surface area contributed by atoms with Crippen molar-refractivity contribution in [1.82, 2.24) is 9.55 Å². The molecule has 5 heteroatoms. The fourth-order valence-corrected chi connectivity index (χ4v) is 3.70. The Hall–Kier alpha value is -2.27. The maximum Gasteiger partial charge on any atom is 0.237 e. The lowest BCUT2D eigenvalue weighted by atomic mass is 10.2. The second-order valence-electron chi connectivity index (χ2n) is 6.18. The molecule has 0 atom stereocenters. The van der Waals surface area contributed by atoms with Gasteiger partial charge in [0.1, 0.15) is 0 Å². The van der Waals surface area contributed by atoms with Crippen LogP contribution in [0, 0.1) is 13.8 Å². The van der Waals surface area contributed by atoms with E-state index in [1.54, 1.807) is 11.8 Å². The van der Waals surface area contributed by atoms with Crippen molar-refractivity contribution in [2.45, 2.75) is 38.6 Å². The van der Waals surface area contributed by atoms with Crippen molar-refractivity contribution in [3.05, 3.63) is 53.6 Å². The summed E-state index contributed by atoms with van der Waals surface area (Å²) in [6.07, 6.45) is 0.987. The van der Waals surface area contributed by atoms with E-state index in [-0.39, 0.29) is 5.91 Å². The molecule has 0 radical (unpaired) electrons. The van der Waals surface area contributed by atoms with Crippen molar-refractivity contribution in [2.24, 2.45) is 0 Å². The van der Waals surface area contributed by atoms with Crippen LogP contribution in [0.15, 0.2) is 47.4 Å². The number of imidazole rings is 1. The molecule has 4 nitrogen and oxygen atoms in total. The van der Waals surface area contributed by atoms with E-state index in [0.29, 0.717) is 11.7 Å². The van der Waals surface area contributed by atoms with Crippen LogP contribution in [0.2, 0.25) is 0 Å². The summed E-state index contributed by atoms with van der Waals surface area (Å²) in [5.41, 5.74) is 4.41. The van der Waals surface area contributed by atoms with E-state index in [4.69, 9.17) is 0 Å². The third kappa shape index (κ3) is 4.04. The van der Waals surface area contributed by atoms with Crippen molar-refractivity contribution in [1.29, 1.82) is 0 Å². The number of carbonyl (C=O) groups is 1. The Morgan fingerprint density at radius 1 is 1.20 bits per heavy atom. The molecule has 0 bridgehead atoms. The minimum Gasteiger partial charge on any atom is -0.310 e. The van der Waals surface area contributed by atoms with E-state index in [9.17, 15) is 4.79 Å². The summed E-state index contributed by atoms with van der Waals surface area (Å²) < 4.78 is 2.08. The van der Waals surface area contributed by atoms with Crippen LogP contribution in [0.5, 0.6) is 0 Å². The average Bonchev–Trinajstić information content (AvgIpc) is 2.92. The molecule has 0 saturated heterocycles. The molecule has 1 amide bonds. The molecule has 1 N–H and O–H groups in total. The Morgan fingerprint density at radius 2 is 2.00 bits per heavy atom. The van der Waals surface area contributed by atoms with Crippen LogP contribution in [-0.2, 0) is 11.3 Å². The first-order valence-corrected chi connectivity index (χ1v) is 9.52. The number of rotatable bonds is 6. The number of anilines is 1. The molecular weight excluding hydrogens is 330 g/mol. The zero-order valence-electron chi connectivity index (χ0n) is 14.9. The number of nitrogens with one attached hydrogen (secondary N) is 1. The summed E-state index contributed by atoms with van der Waals surface area (Å²) in [6, 6.07) is 14.3. The number of hydrogen-bond donors (Lipinski definition) is 1. The Morgan fingerprint density at radius 3 is 2.76 bits per heavy atom. The molecule has 0 aliphatic rings. The second-order valence-corrected chi connectivity index (χ2v) is 7.20. The molecule has 1 aromatic heterocycles. The van der Waals surface area contributed by atoms with Gasteiger partial charge in [-0.1, -0.05) is 36.8 Å². The molecule has 0 aliphatic carbocycles. The second kappa shape index (κ2) is 7.74. The monoisotopic (exact) mass is 353 g/mol. The van der Waals surface area contributed by atoms with Gasteiger partial charge in [-0.3, -0.25) is 10.1 Å². The molecule has 2 aromatic carbocycles. The van der Waals surface area contributed by atoms with Gasteiger partial charge in [0, 0.05) is 11.4 Å². The summed E-state index contributed by atoms with van der Waals surface area (Å²) in [7, 11) is 0. The first-order valence-electron chi connectivity index (χ1n) is 8.53. The highest BCUT2D eigenvalue weighted by Gasteiger charge is 2.13. The Bertz CT molecular complexity index is 901. The number of aryl methyl sites for hydroxylation is 3. The molecule has 0 fully saturated rings. The van der Waals surface area contributed by atoms with Gasteiger partial charge in [0.15, 0.2) is 0 Å². The zero-order chi connectivity index (χ0) is 17.8. The van der Waals surface area contributed by atoms with E-state index >= 15 is 0 Å². The van der Waals surface area contributed by atoms with Gasteiger partial charge in [0.05, 0.1) is 16.8 Å². The number of fused-ring (bicyclic) bond motifs is 1. The van der Waals surface area contributed by atoms with Gasteiger partial charge in [-0.25, -0.2) is 4.98 Å². The smallest absolute Gasteiger partial charge is 0.237 e. The predicted molar refractivity (Wildman–Crippen MR) is 105 cm³/mol. The number of para-hydroxylation sites is 2. The van der Waals surface area contributed by atoms with Crippen LogP contribution in [0.3, 0.4) is 0 Å². The van der Waals surface area contributed by atoms with Crippen molar-refractivity contribution in [2.75, 3.05) is 11.1 Å². The third-order valence-corrected chi connectivity index (χ3v) is 5.22. The molecule has 0 saturated carbocycles. The SMILES string of the molecule is CCCn1c(NC(=O)CSc2ccc(C)cc2C)nc2ccccc21. The summed E-state index contributed by atoms with van der Waals surface area (Å²) in [4.78, 5) is 18.1. The fourth-order valence-electron chi connectivity index (χ4n) is 2.89. The quantitative estimate of drug-likeness (QED) is 0.648. The van der Waals surface area contributed by atoms with Crippen LogP contribution < -0.4 is 5.32 Å². The maximum atomic E-state index is 12.4. The Labute approximate surface area is 152 Å². The topological polar surface area (TPSA) is 46.9 Å². The van der Waals surface area contributed by atoms with Crippen molar-refractivity contribution in [3.63, 3.8) is 0 Å². The van der Waals surface area contributed by atoms with E-state index in [2.05, 4.69) is 53.8 Å². The average molecular weight is 353 g/mol. The van der Waals surface area contributed by atoms with Gasteiger partial charge in [-0.15, -0.1) is 11.8 Å². The van der Waals surface area contributed by atoms with Crippen LogP contribution in [0.25, 0.3) is 11.0 Å². The predicted octanol–water partition coefficient (Wildman–Crippen LogP) is 4.79. The summed E-state index contributed by atoms with van der Waals surface area (Å²) in [5, 5.41) is 2.98. The molecule has 25 heavy (non-hydrogen) atoms. The van der Waals surface area contributed by atoms with Crippen molar-refractivity contribution < 1.29 is 4.79 Å². The van der Waals surface area contributed by atoms with Gasteiger partial charge < -0.3 is 4.57 Å². The van der Waals surface area contributed by atoms with Crippen LogP contribution in [-0.4, -0.2) is 21.2 Å². The molecule has 0 spiro atoms. The van der Waals surface area contributed by atoms with Crippen LogP contribution in [0.4, 0.5) is 5.95 Å². The molecule has 130 valence electrons. The lowest BCUT2D eigenvalue weighted by Gasteiger charge is -2.10. The number of carbonyl (C=O) groups excluding carboxylic acids is 1. The Kier molecular flexibility index (Phi) is 5.43. The van der Waals surface area contributed by atoms with E-state index in [1.165, 1.54) is 11.1 Å². The molecular formula is C20H23N3OS. The third-order valence-electron chi connectivity index (χ3n) is 4.04. The number of benzene rings is 2. The van der Waals surface area contributed by atoms with E-state index < -0.39 is 0 Å². The van der Waals surface area contributed by atoms with Gasteiger partial charge in [-0.2, -0.15) is 0 Å². The van der Waals surface area contributed by atoms with Gasteiger partial charge in [0.2, 0.25) is 11.9 Å². The summed E-state index contributed by atoms with van der Waals surface area (Å²) in [6.45, 7) is 7.11. The zero-order valence-corrected chi connectivity index (χ0v) is 15.7. The minimum absolute atomic E-state index is 0.0300. The first-order chi connectivity index (χ1) is 12.1. The van der Waals surface area contributed by atoms with Crippen molar-refractivity contribution in [3.8, 4) is 0 Å². The van der Waals surface area contributed by atoms with Gasteiger partial charge in [0.25, 0.3) is 0 Å². The highest BCUT2D eigenvalue weighted by Crippen LogP contribution is 2.24. The van der Waals surface area contributed by atoms with Gasteiger partial charge in [-0.05, 0) is 44.0 Å². The molecule has 3 aromatic rings. The summed E-state index contributed by atoms with van der Waals surface area (Å²) >= 11 is 1.56. The van der Waals surface area contributed by atoms with Crippen LogP contribution in [0.1, 0.15) is 24.5 Å². The fraction of sp³-hybridized carbons (Fsp3) is 0.300. The number of thioether (sulfide) groups is 1. The van der Waals surface area contributed by atoms with Gasteiger partial charge >= 0.3 is 0 Å². The number of amides is 1. The molecule has 1 heterocycles. The number of hydrogen-bond acceptors (Lipinski definition) is 3. The molecule has 0 unspecified atom stereocenters. The number of nitrogens with zero attached hydrogens (tertiary/aromatic N) is 2. The lowest BCUT2D eigenvalue weighted by molar-refractivity contribution is -0.113. The Balaban J connectivity index is 1.72. The molecule has 0 aliphatic heterocycles. The highest BCUT2D eigenvalue weighted by atomic mass is 32.2. The summed E-state index contributed by atoms with van der Waals surface area (Å²) in [5.74, 6) is 0.978. The van der Waals surface area contributed by atoms with Crippen molar-refractivity contribution >= 4 is 34.7 Å². The minimum atomic E-state index is -0.0300. The van der Waals surface area contributed by atoms with E-state index in [0.717, 1.165) is 28.9 Å². The molecule has 3 rings (SSSR count). The maximum absolute atomic E-state index is 12.4. The highest BCUT2D eigenvalue weighted by molar-refractivity contribution is 8.00. The largest absolute Gasteiger partial charge is 0.310 e. The number of aromatic nitrogens is 2. The standard InChI is InChI=1S/C20H23N3OS/c1-4-11-23-17-8-6-5-7-16(17)21-20(23)22-19(24)13-25-18-10-9-14(2)12-15(18)3/h5-10,12H,4,11,13H2,1-3H3,(H,21,22,24).